The van der Waals surface area contributed by atoms with Crippen LogP contribution in [0.4, 0.5) is 5.82 Å². The molecular weight excluding hydrogens is 250 g/mol. The van der Waals surface area contributed by atoms with E-state index in [1.165, 1.54) is 0 Å². The van der Waals surface area contributed by atoms with Crippen LogP contribution in [0.15, 0.2) is 10.7 Å². The molecule has 14 heavy (non-hydrogen) atoms. The van der Waals surface area contributed by atoms with Gasteiger partial charge in [0, 0.05) is 0 Å². The number of nitro groups is 1. The largest absolute Gasteiger partial charge is 0.404 e. The molecule has 1 aromatic rings. The molecule has 0 N–H and O–H groups in total. The molecule has 0 unspecified atom stereocenters. The van der Waals surface area contributed by atoms with Crippen LogP contribution in [0.3, 0.4) is 0 Å². The van der Waals surface area contributed by atoms with Gasteiger partial charge in [0.05, 0.1) is 17.3 Å². The molecule has 0 spiro atoms. The monoisotopic (exact) mass is 261 g/mol. The first-order chi connectivity index (χ1) is 6.60. The van der Waals surface area contributed by atoms with Crippen molar-refractivity contribution in [2.75, 3.05) is 0 Å². The van der Waals surface area contributed by atoms with E-state index in [4.69, 9.17) is 0 Å². The molecule has 5 nitrogen and oxygen atoms in total. The highest BCUT2D eigenvalue weighted by atomic mass is 79.9. The van der Waals surface area contributed by atoms with Crippen molar-refractivity contribution in [3.05, 3.63) is 20.8 Å². The Labute approximate surface area is 90.4 Å². The molecule has 0 aliphatic rings. The summed E-state index contributed by atoms with van der Waals surface area (Å²) in [6.45, 7) is 4.07. The van der Waals surface area contributed by atoms with E-state index in [1.54, 1.807) is 10.9 Å². The van der Waals surface area contributed by atoms with Gasteiger partial charge in [-0.2, -0.15) is 4.68 Å². The van der Waals surface area contributed by atoms with Crippen LogP contribution in [0.2, 0.25) is 0 Å². The first kappa shape index (κ1) is 11.2. The highest BCUT2D eigenvalue weighted by Gasteiger charge is 2.21. The fraction of sp³-hybridized carbons (Fsp3) is 0.625. The van der Waals surface area contributed by atoms with Crippen molar-refractivity contribution in [1.82, 2.24) is 9.78 Å². The lowest BCUT2D eigenvalue weighted by Gasteiger charge is -2.07. The molecule has 0 aliphatic carbocycles. The van der Waals surface area contributed by atoms with Crippen molar-refractivity contribution in [3.8, 4) is 0 Å². The van der Waals surface area contributed by atoms with Gasteiger partial charge in [-0.25, -0.2) is 0 Å². The summed E-state index contributed by atoms with van der Waals surface area (Å²) >= 11 is 3.12. The molecule has 0 amide bonds. The lowest BCUT2D eigenvalue weighted by atomic mass is 10.2. The standard InChI is InChI=1S/C8H12BrN3O2/c1-3-6(4-2)11-5-7(9)8(10-11)12(13)14/h5-6H,3-4H2,1-2H3. The highest BCUT2D eigenvalue weighted by molar-refractivity contribution is 9.10. The van der Waals surface area contributed by atoms with Crippen molar-refractivity contribution in [1.29, 1.82) is 0 Å². The van der Waals surface area contributed by atoms with Crippen molar-refractivity contribution in [2.24, 2.45) is 0 Å². The lowest BCUT2D eigenvalue weighted by Crippen LogP contribution is -2.07. The zero-order valence-corrected chi connectivity index (χ0v) is 9.69. The number of rotatable bonds is 4. The van der Waals surface area contributed by atoms with E-state index < -0.39 is 4.92 Å². The van der Waals surface area contributed by atoms with Crippen LogP contribution in [0, 0.1) is 10.1 Å². The average molecular weight is 262 g/mol. The minimum Gasteiger partial charge on any atom is -0.358 e. The predicted octanol–water partition coefficient (Wildman–Crippen LogP) is 2.91. The fourth-order valence-corrected chi connectivity index (χ4v) is 1.77. The maximum absolute atomic E-state index is 10.5. The Balaban J connectivity index is 3.01. The molecular formula is C8H12BrN3O2. The van der Waals surface area contributed by atoms with E-state index in [9.17, 15) is 10.1 Å². The number of halogens is 1. The minimum absolute atomic E-state index is 0.114. The van der Waals surface area contributed by atoms with Crippen molar-refractivity contribution in [3.63, 3.8) is 0 Å². The smallest absolute Gasteiger partial charge is 0.358 e. The number of aromatic nitrogens is 2. The molecule has 0 aliphatic heterocycles. The van der Waals surface area contributed by atoms with Crippen LogP contribution in [-0.4, -0.2) is 14.7 Å². The molecule has 0 atom stereocenters. The van der Waals surface area contributed by atoms with Gasteiger partial charge in [0.2, 0.25) is 0 Å². The summed E-state index contributed by atoms with van der Waals surface area (Å²) in [5.41, 5.74) is 0. The summed E-state index contributed by atoms with van der Waals surface area (Å²) in [7, 11) is 0. The average Bonchev–Trinajstić information content (AvgIpc) is 2.50. The summed E-state index contributed by atoms with van der Waals surface area (Å²) in [6, 6.07) is 0.236. The van der Waals surface area contributed by atoms with Gasteiger partial charge in [-0.15, -0.1) is 0 Å². The van der Waals surface area contributed by atoms with Gasteiger partial charge < -0.3 is 10.1 Å². The Morgan fingerprint density at radius 3 is 2.57 bits per heavy atom. The summed E-state index contributed by atoms with van der Waals surface area (Å²) < 4.78 is 2.09. The quantitative estimate of drug-likeness (QED) is 0.619. The zero-order chi connectivity index (χ0) is 10.7. The maximum atomic E-state index is 10.5. The molecule has 0 aromatic carbocycles. The lowest BCUT2D eigenvalue weighted by molar-refractivity contribution is -0.390. The van der Waals surface area contributed by atoms with Crippen molar-refractivity contribution in [2.45, 2.75) is 32.7 Å². The van der Waals surface area contributed by atoms with Gasteiger partial charge in [0.25, 0.3) is 0 Å². The Hall–Kier alpha value is -0.910. The van der Waals surface area contributed by atoms with E-state index in [0.717, 1.165) is 12.8 Å². The third kappa shape index (κ3) is 2.12. The normalized spacial score (nSPS) is 10.9. The number of hydrogen-bond acceptors (Lipinski definition) is 3. The van der Waals surface area contributed by atoms with Gasteiger partial charge in [0.15, 0.2) is 0 Å². The molecule has 6 heteroatoms. The Bertz CT molecular complexity index is 333. The van der Waals surface area contributed by atoms with Crippen molar-refractivity contribution < 1.29 is 4.92 Å². The molecule has 0 fully saturated rings. The van der Waals surface area contributed by atoms with E-state index in [1.807, 2.05) is 13.8 Å². The third-order valence-electron chi connectivity index (χ3n) is 2.16. The van der Waals surface area contributed by atoms with Gasteiger partial charge in [-0.05, 0) is 33.7 Å². The molecule has 0 radical (unpaired) electrons. The second kappa shape index (κ2) is 4.54. The second-order valence-electron chi connectivity index (χ2n) is 3.01. The third-order valence-corrected chi connectivity index (χ3v) is 2.72. The molecule has 0 saturated heterocycles. The summed E-state index contributed by atoms with van der Waals surface area (Å²) in [6.07, 6.45) is 3.50. The molecule has 1 rings (SSSR count). The molecule has 0 bridgehead atoms. The van der Waals surface area contributed by atoms with Gasteiger partial charge >= 0.3 is 5.82 Å². The first-order valence-electron chi connectivity index (χ1n) is 4.49. The fourth-order valence-electron chi connectivity index (χ4n) is 1.33. The van der Waals surface area contributed by atoms with Gasteiger partial charge in [-0.1, -0.05) is 13.8 Å². The maximum Gasteiger partial charge on any atom is 0.404 e. The van der Waals surface area contributed by atoms with E-state index >= 15 is 0 Å². The van der Waals surface area contributed by atoms with Crippen molar-refractivity contribution >= 4 is 21.7 Å². The number of nitrogens with zero attached hydrogens (tertiary/aromatic N) is 3. The van der Waals surface area contributed by atoms with Crippen LogP contribution >= 0.6 is 15.9 Å². The number of hydrogen-bond donors (Lipinski definition) is 0. The molecule has 1 heterocycles. The SMILES string of the molecule is CCC(CC)n1cc(Br)c([N+](=O)[O-])n1. The predicted molar refractivity (Wildman–Crippen MR) is 56.2 cm³/mol. The van der Waals surface area contributed by atoms with Crippen LogP contribution in [0.25, 0.3) is 0 Å². The van der Waals surface area contributed by atoms with E-state index in [0.29, 0.717) is 4.47 Å². The molecule has 1 aromatic heterocycles. The van der Waals surface area contributed by atoms with Crippen LogP contribution in [0.1, 0.15) is 32.7 Å². The van der Waals surface area contributed by atoms with E-state index in [2.05, 4.69) is 21.0 Å². The topological polar surface area (TPSA) is 61.0 Å². The highest BCUT2D eigenvalue weighted by Crippen LogP contribution is 2.25. The van der Waals surface area contributed by atoms with Gasteiger partial charge in [-0.3, -0.25) is 0 Å². The first-order valence-corrected chi connectivity index (χ1v) is 5.28. The van der Waals surface area contributed by atoms with Gasteiger partial charge in [0.1, 0.15) is 4.47 Å². The van der Waals surface area contributed by atoms with Crippen LogP contribution in [0.5, 0.6) is 0 Å². The summed E-state index contributed by atoms with van der Waals surface area (Å²) in [5, 5.41) is 14.5. The Kier molecular flexibility index (Phi) is 3.62. The Morgan fingerprint density at radius 1 is 1.64 bits per heavy atom. The van der Waals surface area contributed by atoms with E-state index in [-0.39, 0.29) is 11.9 Å². The zero-order valence-electron chi connectivity index (χ0n) is 8.11. The molecule has 0 saturated carbocycles. The molecule has 78 valence electrons. The Morgan fingerprint density at radius 2 is 2.21 bits per heavy atom. The van der Waals surface area contributed by atoms with Crippen LogP contribution in [-0.2, 0) is 0 Å². The van der Waals surface area contributed by atoms with Crippen LogP contribution < -0.4 is 0 Å². The second-order valence-corrected chi connectivity index (χ2v) is 3.86. The minimum atomic E-state index is -0.483. The summed E-state index contributed by atoms with van der Waals surface area (Å²) in [4.78, 5) is 10.1. The summed E-state index contributed by atoms with van der Waals surface area (Å²) in [5.74, 6) is -0.114.